The number of rotatable bonds is 4. The van der Waals surface area contributed by atoms with Gasteiger partial charge in [-0.15, -0.1) is 0 Å². The number of nitrogens with zero attached hydrogens (tertiary/aromatic N) is 2. The third-order valence-electron chi connectivity index (χ3n) is 4.19. The average Bonchev–Trinajstić information content (AvgIpc) is 3.18. The minimum absolute atomic E-state index is 0.275. The summed E-state index contributed by atoms with van der Waals surface area (Å²) >= 11 is 6.10. The van der Waals surface area contributed by atoms with Gasteiger partial charge in [-0.2, -0.15) is 5.10 Å². The van der Waals surface area contributed by atoms with E-state index < -0.39 is 10.8 Å². The lowest BCUT2D eigenvalue weighted by atomic mass is 10.2. The Bertz CT molecular complexity index is 1060. The summed E-state index contributed by atoms with van der Waals surface area (Å²) < 4.78 is 13.6. The Labute approximate surface area is 164 Å². The van der Waals surface area contributed by atoms with Crippen LogP contribution in [0.5, 0.6) is 0 Å². The van der Waals surface area contributed by atoms with Crippen molar-refractivity contribution in [2.45, 2.75) is 11.5 Å². The van der Waals surface area contributed by atoms with Crippen LogP contribution in [-0.2, 0) is 27.1 Å². The summed E-state index contributed by atoms with van der Waals surface area (Å²) in [6, 6.07) is 16.8. The first kappa shape index (κ1) is 17.7. The summed E-state index contributed by atoms with van der Waals surface area (Å²) in [5, 5.41) is 8.02. The molecule has 1 N–H and O–H groups in total. The second-order valence-electron chi connectivity index (χ2n) is 6.13. The highest BCUT2D eigenvalue weighted by Crippen LogP contribution is 2.31. The van der Waals surface area contributed by atoms with E-state index in [1.807, 2.05) is 42.5 Å². The first-order chi connectivity index (χ1) is 13.1. The highest BCUT2D eigenvalue weighted by atomic mass is 35.5. The molecule has 27 heavy (non-hydrogen) atoms. The Morgan fingerprint density at radius 2 is 1.96 bits per heavy atom. The lowest BCUT2D eigenvalue weighted by Gasteiger charge is -2.10. The number of hydrogen-bond acceptors (Lipinski definition) is 3. The summed E-state index contributed by atoms with van der Waals surface area (Å²) in [4.78, 5) is 12.5. The highest BCUT2D eigenvalue weighted by Gasteiger charge is 2.28. The van der Waals surface area contributed by atoms with Crippen molar-refractivity contribution in [2.75, 3.05) is 5.32 Å². The Hall–Kier alpha value is -2.70. The van der Waals surface area contributed by atoms with Gasteiger partial charge in [0.15, 0.2) is 0 Å². The van der Waals surface area contributed by atoms with Crippen LogP contribution in [0.15, 0.2) is 60.7 Å². The maximum Gasteiger partial charge on any atom is 0.249 e. The third-order valence-corrected chi connectivity index (χ3v) is 5.63. The molecule has 5 nitrogen and oxygen atoms in total. The molecule has 1 amide bonds. The Balaban J connectivity index is 1.66. The van der Waals surface area contributed by atoms with Gasteiger partial charge in [0.05, 0.1) is 22.9 Å². The quantitative estimate of drug-likeness (QED) is 0.678. The number of aromatic nitrogens is 2. The number of carbonyl (C=O) groups excluding carboxylic acids is 1. The molecule has 0 spiro atoms. The van der Waals surface area contributed by atoms with E-state index in [9.17, 15) is 9.00 Å². The molecule has 3 aromatic rings. The maximum atomic E-state index is 12.5. The van der Waals surface area contributed by atoms with E-state index in [0.29, 0.717) is 22.3 Å². The first-order valence-electron chi connectivity index (χ1n) is 8.36. The van der Waals surface area contributed by atoms with E-state index in [0.717, 1.165) is 22.5 Å². The first-order valence-corrected chi connectivity index (χ1v) is 10.2. The standard InChI is InChI=1S/C20H16ClN3O2S/c21-15-7-4-8-16(11-15)24-20(17-12-27(26)13-18(17)23-24)22-19(25)10-9-14-5-2-1-3-6-14/h1-11H,12-13H2,(H,22,25)/t27-/m0/s1. The lowest BCUT2D eigenvalue weighted by Crippen LogP contribution is -2.14. The zero-order chi connectivity index (χ0) is 18.8. The van der Waals surface area contributed by atoms with Crippen LogP contribution in [0.3, 0.4) is 0 Å². The Morgan fingerprint density at radius 1 is 1.15 bits per heavy atom. The van der Waals surface area contributed by atoms with E-state index in [4.69, 9.17) is 11.6 Å². The number of amides is 1. The normalized spacial score (nSPS) is 15.8. The SMILES string of the molecule is O=C(C=Cc1ccccc1)Nc1c2c(nn1-c1cccc(Cl)c1)C[S@@](=O)C2. The number of benzene rings is 2. The second-order valence-corrected chi connectivity index (χ2v) is 8.02. The molecule has 4 rings (SSSR count). The number of anilines is 1. The van der Waals surface area contributed by atoms with Crippen LogP contribution in [-0.4, -0.2) is 19.9 Å². The van der Waals surface area contributed by atoms with Crippen LogP contribution in [0.2, 0.25) is 5.02 Å². The van der Waals surface area contributed by atoms with Gasteiger partial charge in [0.2, 0.25) is 5.91 Å². The Morgan fingerprint density at radius 3 is 2.74 bits per heavy atom. The molecule has 1 aromatic heterocycles. The van der Waals surface area contributed by atoms with Gasteiger partial charge >= 0.3 is 0 Å². The molecular weight excluding hydrogens is 382 g/mol. The largest absolute Gasteiger partial charge is 0.307 e. The van der Waals surface area contributed by atoms with E-state index in [2.05, 4.69) is 10.4 Å². The fourth-order valence-corrected chi connectivity index (χ4v) is 4.39. The second kappa shape index (κ2) is 7.50. The molecule has 7 heteroatoms. The van der Waals surface area contributed by atoms with Gasteiger partial charge < -0.3 is 5.32 Å². The number of nitrogens with one attached hydrogen (secondary N) is 1. The van der Waals surface area contributed by atoms with Crippen LogP contribution in [0, 0.1) is 0 Å². The van der Waals surface area contributed by atoms with Crippen molar-refractivity contribution in [3.05, 3.63) is 82.5 Å². The molecule has 136 valence electrons. The van der Waals surface area contributed by atoms with E-state index in [1.165, 1.54) is 6.08 Å². The fourth-order valence-electron chi connectivity index (χ4n) is 2.95. The molecule has 0 saturated carbocycles. The molecule has 2 aromatic carbocycles. The zero-order valence-corrected chi connectivity index (χ0v) is 15.8. The van der Waals surface area contributed by atoms with E-state index >= 15 is 0 Å². The molecular formula is C20H16ClN3O2S. The molecule has 0 aliphatic carbocycles. The number of hydrogen-bond donors (Lipinski definition) is 1. The molecule has 0 saturated heterocycles. The topological polar surface area (TPSA) is 64.0 Å². The number of halogens is 1. The smallest absolute Gasteiger partial charge is 0.249 e. The van der Waals surface area contributed by atoms with Crippen molar-refractivity contribution >= 4 is 40.2 Å². The van der Waals surface area contributed by atoms with Crippen LogP contribution < -0.4 is 5.32 Å². The third kappa shape index (κ3) is 3.86. The molecule has 0 unspecified atom stereocenters. The molecule has 1 aliphatic rings. The van der Waals surface area contributed by atoms with Crippen molar-refractivity contribution < 1.29 is 9.00 Å². The van der Waals surface area contributed by atoms with Crippen molar-refractivity contribution in [1.29, 1.82) is 0 Å². The van der Waals surface area contributed by atoms with Gasteiger partial charge in [-0.25, -0.2) is 4.68 Å². The monoisotopic (exact) mass is 397 g/mol. The Kier molecular flexibility index (Phi) is 4.92. The fraction of sp³-hybridized carbons (Fsp3) is 0.100. The molecule has 0 radical (unpaired) electrons. The molecule has 0 fully saturated rings. The zero-order valence-electron chi connectivity index (χ0n) is 14.3. The van der Waals surface area contributed by atoms with Crippen LogP contribution in [0.1, 0.15) is 16.8 Å². The number of carbonyl (C=O) groups is 1. The van der Waals surface area contributed by atoms with Gasteiger partial charge in [-0.05, 0) is 29.8 Å². The molecule has 0 bridgehead atoms. The van der Waals surface area contributed by atoms with Crippen molar-refractivity contribution in [2.24, 2.45) is 0 Å². The summed E-state index contributed by atoms with van der Waals surface area (Å²) in [6.07, 6.45) is 3.22. The minimum atomic E-state index is -0.987. The summed E-state index contributed by atoms with van der Waals surface area (Å²) in [6.45, 7) is 0. The predicted molar refractivity (Wildman–Crippen MR) is 108 cm³/mol. The van der Waals surface area contributed by atoms with Gasteiger partial charge in [0.1, 0.15) is 5.82 Å². The van der Waals surface area contributed by atoms with Gasteiger partial charge in [0, 0.05) is 27.5 Å². The molecule has 1 atom stereocenters. The molecule has 1 aliphatic heterocycles. The van der Waals surface area contributed by atoms with Crippen LogP contribution in [0.4, 0.5) is 5.82 Å². The predicted octanol–water partition coefficient (Wildman–Crippen LogP) is 3.94. The number of fused-ring (bicyclic) bond motifs is 1. The van der Waals surface area contributed by atoms with Gasteiger partial charge in [-0.1, -0.05) is 48.0 Å². The van der Waals surface area contributed by atoms with Crippen molar-refractivity contribution in [3.63, 3.8) is 0 Å². The molecule has 2 heterocycles. The van der Waals surface area contributed by atoms with Gasteiger partial charge in [0.25, 0.3) is 0 Å². The maximum absolute atomic E-state index is 12.5. The van der Waals surface area contributed by atoms with E-state index in [-0.39, 0.29) is 5.91 Å². The van der Waals surface area contributed by atoms with Crippen molar-refractivity contribution in [3.8, 4) is 5.69 Å². The van der Waals surface area contributed by atoms with Crippen LogP contribution >= 0.6 is 11.6 Å². The summed E-state index contributed by atoms with van der Waals surface area (Å²) in [5.41, 5.74) is 3.23. The summed E-state index contributed by atoms with van der Waals surface area (Å²) in [5.74, 6) is 1.04. The van der Waals surface area contributed by atoms with Crippen LogP contribution in [0.25, 0.3) is 11.8 Å². The lowest BCUT2D eigenvalue weighted by molar-refractivity contribution is -0.111. The summed E-state index contributed by atoms with van der Waals surface area (Å²) in [7, 11) is -0.987. The van der Waals surface area contributed by atoms with E-state index in [1.54, 1.807) is 22.9 Å². The van der Waals surface area contributed by atoms with Crippen molar-refractivity contribution in [1.82, 2.24) is 9.78 Å². The van der Waals surface area contributed by atoms with Gasteiger partial charge in [-0.3, -0.25) is 9.00 Å². The minimum Gasteiger partial charge on any atom is -0.307 e. The average molecular weight is 398 g/mol. The highest BCUT2D eigenvalue weighted by molar-refractivity contribution is 7.83.